The van der Waals surface area contributed by atoms with E-state index < -0.39 is 6.09 Å². The maximum absolute atomic E-state index is 12.2. The number of aromatic hydroxyl groups is 1. The third-order valence-corrected chi connectivity index (χ3v) is 3.31. The van der Waals surface area contributed by atoms with Gasteiger partial charge in [0.2, 0.25) is 0 Å². The van der Waals surface area contributed by atoms with Crippen LogP contribution in [0.2, 0.25) is 0 Å². The molecule has 0 unspecified atom stereocenters. The highest BCUT2D eigenvalue weighted by Crippen LogP contribution is 2.32. The number of anilines is 1. The molecule has 0 aliphatic carbocycles. The number of phenolic OH excluding ortho intramolecular Hbond substituents is 1. The number of carbonyl (C=O) groups excluding carboxylic acids is 1. The van der Waals surface area contributed by atoms with Gasteiger partial charge >= 0.3 is 6.09 Å². The molecule has 2 heterocycles. The normalized spacial score (nSPS) is 10.5. The number of fused-ring (bicyclic) bond motifs is 1. The van der Waals surface area contributed by atoms with Crippen LogP contribution in [0.25, 0.3) is 22.3 Å². The topological polar surface area (TPSA) is 102 Å². The maximum Gasteiger partial charge on any atom is 0.411 e. The molecule has 0 saturated heterocycles. The van der Waals surface area contributed by atoms with Crippen molar-refractivity contribution in [2.75, 3.05) is 11.9 Å². The first-order chi connectivity index (χ1) is 11.6. The quantitative estimate of drug-likeness (QED) is 0.766. The molecule has 7 nitrogen and oxygen atoms in total. The number of phenols is 1. The molecule has 1 aromatic carbocycles. The molecule has 2 N–H and O–H groups in total. The molecule has 0 fully saturated rings. The van der Waals surface area contributed by atoms with Gasteiger partial charge in [-0.1, -0.05) is 0 Å². The van der Waals surface area contributed by atoms with E-state index in [2.05, 4.69) is 10.3 Å². The van der Waals surface area contributed by atoms with Crippen molar-refractivity contribution in [1.29, 1.82) is 0 Å². The van der Waals surface area contributed by atoms with Crippen molar-refractivity contribution in [3.05, 3.63) is 52.9 Å². The summed E-state index contributed by atoms with van der Waals surface area (Å²) in [7, 11) is 0. The Labute approximate surface area is 136 Å². The molecular weight excluding hydrogens is 312 g/mol. The average Bonchev–Trinajstić information content (AvgIpc) is 2.55. The number of aromatic nitrogens is 1. The third kappa shape index (κ3) is 3.05. The average molecular weight is 326 g/mol. The van der Waals surface area contributed by atoms with Crippen LogP contribution in [0.1, 0.15) is 6.92 Å². The zero-order valence-corrected chi connectivity index (χ0v) is 12.8. The number of pyridine rings is 1. The number of rotatable bonds is 3. The Bertz CT molecular complexity index is 965. The molecule has 24 heavy (non-hydrogen) atoms. The summed E-state index contributed by atoms with van der Waals surface area (Å²) in [5.41, 5.74) is 0.832. The van der Waals surface area contributed by atoms with Gasteiger partial charge in [0, 0.05) is 30.1 Å². The molecule has 7 heteroatoms. The monoisotopic (exact) mass is 326 g/mol. The molecular formula is C17H14N2O5. The Morgan fingerprint density at radius 3 is 2.96 bits per heavy atom. The minimum Gasteiger partial charge on any atom is -0.508 e. The van der Waals surface area contributed by atoms with Gasteiger partial charge in [-0.25, -0.2) is 4.79 Å². The summed E-state index contributed by atoms with van der Waals surface area (Å²) >= 11 is 0. The van der Waals surface area contributed by atoms with Gasteiger partial charge in [0.15, 0.2) is 5.43 Å². The van der Waals surface area contributed by atoms with Crippen LogP contribution in [-0.2, 0) is 4.74 Å². The van der Waals surface area contributed by atoms with Gasteiger partial charge in [-0.15, -0.1) is 0 Å². The van der Waals surface area contributed by atoms with Crippen molar-refractivity contribution >= 4 is 22.7 Å². The molecule has 2 aromatic heterocycles. The van der Waals surface area contributed by atoms with Crippen LogP contribution in [0.4, 0.5) is 10.5 Å². The fraction of sp³-hybridized carbons (Fsp3) is 0.118. The highest BCUT2D eigenvalue weighted by atomic mass is 16.5. The van der Waals surface area contributed by atoms with Gasteiger partial charge in [0.05, 0.1) is 17.7 Å². The van der Waals surface area contributed by atoms with Crippen LogP contribution >= 0.6 is 0 Å². The predicted molar refractivity (Wildman–Crippen MR) is 88.0 cm³/mol. The molecule has 3 rings (SSSR count). The zero-order chi connectivity index (χ0) is 17.1. The van der Waals surface area contributed by atoms with Crippen LogP contribution in [0, 0.1) is 0 Å². The molecule has 1 amide bonds. The molecule has 0 bridgehead atoms. The summed E-state index contributed by atoms with van der Waals surface area (Å²) in [6, 6.07) is 7.22. The zero-order valence-electron chi connectivity index (χ0n) is 12.8. The summed E-state index contributed by atoms with van der Waals surface area (Å²) in [5, 5.41) is 12.5. The van der Waals surface area contributed by atoms with E-state index in [1.54, 1.807) is 19.1 Å². The second-order valence-corrected chi connectivity index (χ2v) is 4.92. The SMILES string of the molecule is CCOC(=O)Nc1cc(O)ccc1-c1cc(=O)c2cnccc2o1. The minimum absolute atomic E-state index is 0.0436. The second-order valence-electron chi connectivity index (χ2n) is 4.92. The summed E-state index contributed by atoms with van der Waals surface area (Å²) in [4.78, 5) is 27.8. The smallest absolute Gasteiger partial charge is 0.411 e. The highest BCUT2D eigenvalue weighted by molar-refractivity contribution is 5.91. The minimum atomic E-state index is -0.670. The molecule has 0 aliphatic heterocycles. The van der Waals surface area contributed by atoms with E-state index in [-0.39, 0.29) is 29.2 Å². The lowest BCUT2D eigenvalue weighted by Crippen LogP contribution is -2.14. The fourth-order valence-corrected chi connectivity index (χ4v) is 2.26. The van der Waals surface area contributed by atoms with Crippen molar-refractivity contribution in [3.63, 3.8) is 0 Å². The summed E-state index contributed by atoms with van der Waals surface area (Å²) in [5.74, 6) is 0.211. The van der Waals surface area contributed by atoms with Gasteiger partial charge < -0.3 is 14.3 Å². The Balaban J connectivity index is 2.12. The highest BCUT2D eigenvalue weighted by Gasteiger charge is 2.14. The van der Waals surface area contributed by atoms with E-state index in [1.165, 1.54) is 30.6 Å². The number of ether oxygens (including phenoxy) is 1. The van der Waals surface area contributed by atoms with Crippen LogP contribution in [0.3, 0.4) is 0 Å². The fourth-order valence-electron chi connectivity index (χ4n) is 2.26. The number of nitrogens with one attached hydrogen (secondary N) is 1. The lowest BCUT2D eigenvalue weighted by atomic mass is 10.1. The standard InChI is InChI=1S/C17H14N2O5/c1-2-23-17(22)19-13-7-10(20)3-4-11(13)16-8-14(21)12-9-18-6-5-15(12)24-16/h3-9,20H,2H2,1H3,(H,19,22). The van der Waals surface area contributed by atoms with E-state index in [4.69, 9.17) is 9.15 Å². The van der Waals surface area contributed by atoms with Crippen LogP contribution in [0.5, 0.6) is 5.75 Å². The number of nitrogens with zero attached hydrogens (tertiary/aromatic N) is 1. The third-order valence-electron chi connectivity index (χ3n) is 3.31. The van der Waals surface area contributed by atoms with Gasteiger partial charge in [0.25, 0.3) is 0 Å². The Morgan fingerprint density at radius 1 is 1.33 bits per heavy atom. The van der Waals surface area contributed by atoms with E-state index in [0.29, 0.717) is 16.5 Å². The lowest BCUT2D eigenvalue weighted by Gasteiger charge is -2.11. The van der Waals surface area contributed by atoms with Crippen LogP contribution < -0.4 is 10.7 Å². The number of hydrogen-bond donors (Lipinski definition) is 2. The summed E-state index contributed by atoms with van der Waals surface area (Å²) < 4.78 is 10.6. The molecule has 0 aliphatic rings. The first kappa shape index (κ1) is 15.5. The van der Waals surface area contributed by atoms with Crippen molar-refractivity contribution < 1.29 is 19.1 Å². The van der Waals surface area contributed by atoms with Crippen molar-refractivity contribution in [3.8, 4) is 17.1 Å². The molecule has 122 valence electrons. The molecule has 3 aromatic rings. The molecule has 0 radical (unpaired) electrons. The molecule has 0 atom stereocenters. The van der Waals surface area contributed by atoms with Crippen LogP contribution in [0.15, 0.2) is 51.9 Å². The Hall–Kier alpha value is -3.35. The van der Waals surface area contributed by atoms with E-state index in [0.717, 1.165) is 0 Å². The number of amides is 1. The largest absolute Gasteiger partial charge is 0.508 e. The van der Waals surface area contributed by atoms with Gasteiger partial charge in [0.1, 0.15) is 17.1 Å². The summed E-state index contributed by atoms with van der Waals surface area (Å²) in [6.07, 6.45) is 2.28. The van der Waals surface area contributed by atoms with Gasteiger partial charge in [-0.05, 0) is 25.1 Å². The van der Waals surface area contributed by atoms with Gasteiger partial charge in [-0.2, -0.15) is 0 Å². The maximum atomic E-state index is 12.2. The van der Waals surface area contributed by atoms with Gasteiger partial charge in [-0.3, -0.25) is 15.1 Å². The van der Waals surface area contributed by atoms with Crippen molar-refractivity contribution in [2.24, 2.45) is 0 Å². The van der Waals surface area contributed by atoms with E-state index >= 15 is 0 Å². The molecule has 0 saturated carbocycles. The predicted octanol–water partition coefficient (Wildman–Crippen LogP) is 3.13. The number of benzene rings is 1. The first-order valence-electron chi connectivity index (χ1n) is 7.23. The lowest BCUT2D eigenvalue weighted by molar-refractivity contribution is 0.168. The number of hydrogen-bond acceptors (Lipinski definition) is 6. The van der Waals surface area contributed by atoms with E-state index in [1.807, 2.05) is 0 Å². The summed E-state index contributed by atoms with van der Waals surface area (Å²) in [6.45, 7) is 1.89. The van der Waals surface area contributed by atoms with E-state index in [9.17, 15) is 14.7 Å². The van der Waals surface area contributed by atoms with Crippen molar-refractivity contribution in [2.45, 2.75) is 6.92 Å². The molecule has 0 spiro atoms. The van der Waals surface area contributed by atoms with Crippen LogP contribution in [-0.4, -0.2) is 22.8 Å². The van der Waals surface area contributed by atoms with Crippen molar-refractivity contribution in [1.82, 2.24) is 4.98 Å². The first-order valence-corrected chi connectivity index (χ1v) is 7.23. The Morgan fingerprint density at radius 2 is 2.17 bits per heavy atom. The number of carbonyl (C=O) groups is 1. The second kappa shape index (κ2) is 6.41. The Kier molecular flexibility index (Phi) is 4.15.